The number of fused-ring (bicyclic) bond motifs is 1. The molecule has 0 aromatic rings. The second-order valence-electron chi connectivity index (χ2n) is 5.27. The zero-order valence-electron chi connectivity index (χ0n) is 8.21. The predicted octanol–water partition coefficient (Wildman–Crippen LogP) is 1.15. The summed E-state index contributed by atoms with van der Waals surface area (Å²) in [5.74, 6) is 2.50. The van der Waals surface area contributed by atoms with Crippen LogP contribution in [0.5, 0.6) is 0 Å². The largest absolute Gasteiger partial charge is 0.399 e. The number of hydrogen-bond donors (Lipinski definition) is 1. The summed E-state index contributed by atoms with van der Waals surface area (Å²) in [6, 6.07) is 0. The maximum absolute atomic E-state index is 9.87. The summed E-state index contributed by atoms with van der Waals surface area (Å²) in [6.45, 7) is 1.97. The lowest BCUT2D eigenvalue weighted by Gasteiger charge is -2.26. The van der Waals surface area contributed by atoms with Crippen LogP contribution >= 0.6 is 0 Å². The van der Waals surface area contributed by atoms with Crippen LogP contribution in [0.15, 0.2) is 0 Å². The molecule has 2 heteroatoms. The van der Waals surface area contributed by atoms with Gasteiger partial charge in [-0.2, -0.15) is 0 Å². The van der Waals surface area contributed by atoms with Crippen LogP contribution in [0.3, 0.4) is 0 Å². The Hall–Kier alpha value is 0.0249. The topological polar surface area (TPSA) is 20.2 Å². The van der Waals surface area contributed by atoms with Crippen molar-refractivity contribution < 1.29 is 5.11 Å². The van der Waals surface area contributed by atoms with E-state index in [9.17, 15) is 5.11 Å². The molecule has 0 spiro atoms. The van der Waals surface area contributed by atoms with Crippen LogP contribution in [0, 0.1) is 17.8 Å². The van der Waals surface area contributed by atoms with E-state index in [2.05, 4.69) is 0 Å². The SMILES string of the molecule is BC(C)(O)C1CC2CCCC2C1. The molecule has 0 heterocycles. The van der Waals surface area contributed by atoms with Gasteiger partial charge in [-0.25, -0.2) is 0 Å². The molecule has 1 N–H and O–H groups in total. The molecule has 0 amide bonds. The molecular weight excluding hydrogens is 147 g/mol. The van der Waals surface area contributed by atoms with E-state index < -0.39 is 5.50 Å². The lowest BCUT2D eigenvalue weighted by molar-refractivity contribution is 0.0792. The van der Waals surface area contributed by atoms with Gasteiger partial charge in [-0.3, -0.25) is 0 Å². The third-order valence-corrected chi connectivity index (χ3v) is 3.99. The van der Waals surface area contributed by atoms with Crippen molar-refractivity contribution in [3.8, 4) is 0 Å². The Kier molecular flexibility index (Phi) is 1.98. The Morgan fingerprint density at radius 2 is 1.75 bits per heavy atom. The Balaban J connectivity index is 1.99. The zero-order valence-corrected chi connectivity index (χ0v) is 8.21. The van der Waals surface area contributed by atoms with Gasteiger partial charge in [-0.1, -0.05) is 19.3 Å². The van der Waals surface area contributed by atoms with Gasteiger partial charge in [0, 0.05) is 5.50 Å². The van der Waals surface area contributed by atoms with Crippen molar-refractivity contribution in [1.29, 1.82) is 0 Å². The van der Waals surface area contributed by atoms with Gasteiger partial charge >= 0.3 is 0 Å². The van der Waals surface area contributed by atoms with E-state index in [1.807, 2.05) is 14.8 Å². The maximum Gasteiger partial charge on any atom is 0.142 e. The average molecular weight is 166 g/mol. The Morgan fingerprint density at radius 3 is 2.17 bits per heavy atom. The van der Waals surface area contributed by atoms with Crippen molar-refractivity contribution >= 4 is 7.85 Å². The van der Waals surface area contributed by atoms with Gasteiger partial charge in [0.2, 0.25) is 0 Å². The fourth-order valence-electron chi connectivity index (χ4n) is 3.14. The lowest BCUT2D eigenvalue weighted by Crippen LogP contribution is -2.33. The first kappa shape index (κ1) is 8.62. The quantitative estimate of drug-likeness (QED) is 0.579. The molecule has 12 heavy (non-hydrogen) atoms. The van der Waals surface area contributed by atoms with Gasteiger partial charge in [-0.15, -0.1) is 0 Å². The minimum absolute atomic E-state index is 0.426. The molecule has 2 aliphatic carbocycles. The Bertz CT molecular complexity index is 161. The molecule has 68 valence electrons. The van der Waals surface area contributed by atoms with Crippen LogP contribution in [-0.4, -0.2) is 18.5 Å². The van der Waals surface area contributed by atoms with Crippen molar-refractivity contribution in [1.82, 2.24) is 0 Å². The molecule has 3 atom stereocenters. The fourth-order valence-corrected chi connectivity index (χ4v) is 3.14. The average Bonchev–Trinajstić information content (AvgIpc) is 2.37. The molecule has 0 aromatic carbocycles. The smallest absolute Gasteiger partial charge is 0.142 e. The normalized spacial score (nSPS) is 45.7. The summed E-state index contributed by atoms with van der Waals surface area (Å²) >= 11 is 0. The predicted molar refractivity (Wildman–Crippen MR) is 52.7 cm³/mol. The van der Waals surface area contributed by atoms with Gasteiger partial charge < -0.3 is 5.11 Å². The van der Waals surface area contributed by atoms with Crippen LogP contribution in [0.2, 0.25) is 0 Å². The van der Waals surface area contributed by atoms with E-state index in [1.165, 1.54) is 32.1 Å². The first-order valence-corrected chi connectivity index (χ1v) is 5.30. The van der Waals surface area contributed by atoms with Gasteiger partial charge in [-0.05, 0) is 37.5 Å². The summed E-state index contributed by atoms with van der Waals surface area (Å²) in [7, 11) is 1.97. The summed E-state index contributed by atoms with van der Waals surface area (Å²) in [5, 5.41) is 9.87. The standard InChI is InChI=1S/C10H19BO/c1-10(11,12)9-5-7-3-2-4-8(7)6-9/h7-9,12H,2-6,11H2,1H3. The van der Waals surface area contributed by atoms with E-state index in [0.29, 0.717) is 5.92 Å². The van der Waals surface area contributed by atoms with E-state index in [0.717, 1.165) is 11.8 Å². The second kappa shape index (κ2) is 2.76. The maximum atomic E-state index is 9.87. The third-order valence-electron chi connectivity index (χ3n) is 3.99. The summed E-state index contributed by atoms with van der Waals surface area (Å²) in [6.07, 6.45) is 6.87. The van der Waals surface area contributed by atoms with Gasteiger partial charge in [0.05, 0.1) is 0 Å². The highest BCUT2D eigenvalue weighted by Gasteiger charge is 2.42. The van der Waals surface area contributed by atoms with Crippen LogP contribution in [0.1, 0.15) is 39.0 Å². The van der Waals surface area contributed by atoms with E-state index in [4.69, 9.17) is 0 Å². The molecule has 3 unspecified atom stereocenters. The molecular formula is C10H19BO. The minimum Gasteiger partial charge on any atom is -0.399 e. The van der Waals surface area contributed by atoms with E-state index in [-0.39, 0.29) is 0 Å². The zero-order chi connectivity index (χ0) is 8.77. The molecule has 0 aromatic heterocycles. The third kappa shape index (κ3) is 1.41. The van der Waals surface area contributed by atoms with Crippen molar-refractivity contribution in [2.24, 2.45) is 17.8 Å². The van der Waals surface area contributed by atoms with Crippen LogP contribution in [0.25, 0.3) is 0 Å². The van der Waals surface area contributed by atoms with Gasteiger partial charge in [0.25, 0.3) is 0 Å². The molecule has 2 saturated carbocycles. The molecule has 2 fully saturated rings. The van der Waals surface area contributed by atoms with Crippen molar-refractivity contribution in [3.63, 3.8) is 0 Å². The van der Waals surface area contributed by atoms with E-state index >= 15 is 0 Å². The number of aliphatic hydroxyl groups is 1. The van der Waals surface area contributed by atoms with E-state index in [1.54, 1.807) is 0 Å². The number of hydrogen-bond acceptors (Lipinski definition) is 1. The van der Waals surface area contributed by atoms with Gasteiger partial charge in [0.15, 0.2) is 0 Å². The highest BCUT2D eigenvalue weighted by atomic mass is 16.3. The van der Waals surface area contributed by atoms with Crippen LogP contribution < -0.4 is 0 Å². The van der Waals surface area contributed by atoms with Crippen molar-refractivity contribution in [3.05, 3.63) is 0 Å². The Morgan fingerprint density at radius 1 is 1.25 bits per heavy atom. The molecule has 0 aliphatic heterocycles. The first-order chi connectivity index (χ1) is 5.57. The highest BCUT2D eigenvalue weighted by molar-refractivity contribution is 6.14. The van der Waals surface area contributed by atoms with Crippen molar-refractivity contribution in [2.45, 2.75) is 44.5 Å². The van der Waals surface area contributed by atoms with Crippen molar-refractivity contribution in [2.75, 3.05) is 0 Å². The van der Waals surface area contributed by atoms with Crippen LogP contribution in [-0.2, 0) is 0 Å². The monoisotopic (exact) mass is 166 g/mol. The fraction of sp³-hybridized carbons (Fsp3) is 1.00. The summed E-state index contributed by atoms with van der Waals surface area (Å²) < 4.78 is 0. The molecule has 2 rings (SSSR count). The number of rotatable bonds is 1. The lowest BCUT2D eigenvalue weighted by atomic mass is 9.71. The molecule has 2 aliphatic rings. The second-order valence-corrected chi connectivity index (χ2v) is 5.27. The van der Waals surface area contributed by atoms with Gasteiger partial charge in [0.1, 0.15) is 7.85 Å². The first-order valence-electron chi connectivity index (χ1n) is 5.30. The Labute approximate surface area is 76.0 Å². The van der Waals surface area contributed by atoms with Crippen LogP contribution in [0.4, 0.5) is 0 Å². The summed E-state index contributed by atoms with van der Waals surface area (Å²) in [4.78, 5) is 0. The molecule has 0 bridgehead atoms. The molecule has 0 saturated heterocycles. The minimum atomic E-state index is -0.426. The molecule has 0 radical (unpaired) electrons. The summed E-state index contributed by atoms with van der Waals surface area (Å²) in [5.41, 5.74) is -0.426. The highest BCUT2D eigenvalue weighted by Crippen LogP contribution is 2.49. The molecule has 1 nitrogen and oxygen atoms in total.